The number of likely N-dealkylation sites (N-methyl/N-ethyl adjacent to an activating group) is 1. The van der Waals surface area contributed by atoms with Gasteiger partial charge in [-0.15, -0.1) is 0 Å². The second kappa shape index (κ2) is 7.85. The second-order valence-electron chi connectivity index (χ2n) is 6.37. The van der Waals surface area contributed by atoms with Crippen LogP contribution in [0.3, 0.4) is 0 Å². The van der Waals surface area contributed by atoms with E-state index in [0.717, 1.165) is 38.9 Å². The van der Waals surface area contributed by atoms with E-state index in [9.17, 15) is 4.79 Å². The molecule has 2 atom stereocenters. The lowest BCUT2D eigenvalue weighted by atomic mass is 9.88. The van der Waals surface area contributed by atoms with Gasteiger partial charge in [0.15, 0.2) is 0 Å². The quantitative estimate of drug-likeness (QED) is 0.763. The van der Waals surface area contributed by atoms with Crippen molar-refractivity contribution in [2.24, 2.45) is 17.6 Å². The number of hydrogen-bond donors (Lipinski definition) is 1. The summed E-state index contributed by atoms with van der Waals surface area (Å²) in [7, 11) is 4.18. The monoisotopic (exact) mass is 269 g/mol. The van der Waals surface area contributed by atoms with E-state index >= 15 is 0 Å². The molecule has 0 aliphatic carbocycles. The fourth-order valence-corrected chi connectivity index (χ4v) is 2.88. The first-order valence-corrected chi connectivity index (χ1v) is 7.60. The highest BCUT2D eigenvalue weighted by Gasteiger charge is 2.27. The fourth-order valence-electron chi connectivity index (χ4n) is 2.88. The molecule has 1 saturated heterocycles. The lowest BCUT2D eigenvalue weighted by Gasteiger charge is -2.23. The summed E-state index contributed by atoms with van der Waals surface area (Å²) in [5.41, 5.74) is 5.65. The zero-order valence-corrected chi connectivity index (χ0v) is 13.1. The number of hydrogen-bond acceptors (Lipinski definition) is 3. The summed E-state index contributed by atoms with van der Waals surface area (Å²) >= 11 is 0. The predicted octanol–water partition coefficient (Wildman–Crippen LogP) is 1.55. The van der Waals surface area contributed by atoms with E-state index < -0.39 is 0 Å². The van der Waals surface area contributed by atoms with Gasteiger partial charge < -0.3 is 15.5 Å². The molecule has 1 fully saturated rings. The third kappa shape index (κ3) is 5.11. The van der Waals surface area contributed by atoms with Crippen LogP contribution in [-0.4, -0.2) is 55.5 Å². The van der Waals surface area contributed by atoms with Crippen molar-refractivity contribution in [1.82, 2.24) is 9.80 Å². The maximum atomic E-state index is 12.2. The Morgan fingerprint density at radius 2 is 2.05 bits per heavy atom. The molecule has 1 aliphatic heterocycles. The Labute approximate surface area is 118 Å². The SMILES string of the molecule is CC(C)C(CCN)CCC(=O)N1CCC(N(C)C)C1. The van der Waals surface area contributed by atoms with Gasteiger partial charge in [-0.25, -0.2) is 0 Å². The van der Waals surface area contributed by atoms with Gasteiger partial charge in [-0.2, -0.15) is 0 Å². The van der Waals surface area contributed by atoms with Crippen molar-refractivity contribution >= 4 is 5.91 Å². The summed E-state index contributed by atoms with van der Waals surface area (Å²) in [6.07, 6.45) is 3.81. The molecule has 2 unspecified atom stereocenters. The highest BCUT2D eigenvalue weighted by Crippen LogP contribution is 2.22. The van der Waals surface area contributed by atoms with E-state index in [0.29, 0.717) is 30.2 Å². The number of amides is 1. The molecule has 4 nitrogen and oxygen atoms in total. The molecule has 19 heavy (non-hydrogen) atoms. The van der Waals surface area contributed by atoms with Crippen molar-refractivity contribution < 1.29 is 4.79 Å². The van der Waals surface area contributed by atoms with Crippen molar-refractivity contribution in [2.45, 2.75) is 45.6 Å². The van der Waals surface area contributed by atoms with Crippen molar-refractivity contribution in [3.05, 3.63) is 0 Å². The van der Waals surface area contributed by atoms with Crippen LogP contribution in [0.25, 0.3) is 0 Å². The van der Waals surface area contributed by atoms with Gasteiger partial charge in [-0.1, -0.05) is 13.8 Å². The predicted molar refractivity (Wildman–Crippen MR) is 79.9 cm³/mol. The standard InChI is InChI=1S/C15H31N3O/c1-12(2)13(7-9-16)5-6-15(19)18-10-8-14(11-18)17(3)4/h12-14H,5-11,16H2,1-4H3. The van der Waals surface area contributed by atoms with Gasteiger partial charge in [0, 0.05) is 25.6 Å². The van der Waals surface area contributed by atoms with Crippen LogP contribution < -0.4 is 5.73 Å². The molecule has 1 amide bonds. The number of likely N-dealkylation sites (tertiary alicyclic amines) is 1. The topological polar surface area (TPSA) is 49.6 Å². The number of rotatable bonds is 7. The Hall–Kier alpha value is -0.610. The highest BCUT2D eigenvalue weighted by molar-refractivity contribution is 5.76. The Balaban J connectivity index is 2.35. The molecular weight excluding hydrogens is 238 g/mol. The van der Waals surface area contributed by atoms with Gasteiger partial charge >= 0.3 is 0 Å². The first kappa shape index (κ1) is 16.4. The number of carbonyl (C=O) groups excluding carboxylic acids is 1. The normalized spacial score (nSPS) is 21.4. The molecule has 112 valence electrons. The molecule has 1 rings (SSSR count). The molecule has 0 aromatic heterocycles. The molecule has 0 saturated carbocycles. The van der Waals surface area contributed by atoms with Crippen LogP contribution in [-0.2, 0) is 4.79 Å². The Bertz CT molecular complexity index is 279. The molecule has 4 heteroatoms. The summed E-state index contributed by atoms with van der Waals surface area (Å²) in [5, 5.41) is 0. The summed E-state index contributed by atoms with van der Waals surface area (Å²) in [5.74, 6) is 1.53. The van der Waals surface area contributed by atoms with Crippen molar-refractivity contribution in [3.63, 3.8) is 0 Å². The molecular formula is C15H31N3O. The van der Waals surface area contributed by atoms with Gasteiger partial charge in [0.05, 0.1) is 0 Å². The molecule has 0 spiro atoms. The average molecular weight is 269 g/mol. The first-order chi connectivity index (χ1) is 8.95. The number of nitrogens with two attached hydrogens (primary N) is 1. The molecule has 0 radical (unpaired) electrons. The number of carbonyl (C=O) groups is 1. The third-order valence-corrected chi connectivity index (χ3v) is 4.46. The van der Waals surface area contributed by atoms with Gasteiger partial charge in [0.2, 0.25) is 5.91 Å². The Morgan fingerprint density at radius 3 is 2.53 bits per heavy atom. The lowest BCUT2D eigenvalue weighted by molar-refractivity contribution is -0.130. The summed E-state index contributed by atoms with van der Waals surface area (Å²) in [6, 6.07) is 0.536. The van der Waals surface area contributed by atoms with E-state index in [1.165, 1.54) is 0 Å². The Morgan fingerprint density at radius 1 is 1.37 bits per heavy atom. The summed E-state index contributed by atoms with van der Waals surface area (Å²) < 4.78 is 0. The maximum absolute atomic E-state index is 12.2. The largest absolute Gasteiger partial charge is 0.341 e. The van der Waals surface area contributed by atoms with Crippen LogP contribution >= 0.6 is 0 Å². The zero-order chi connectivity index (χ0) is 14.4. The number of nitrogens with zero attached hydrogens (tertiary/aromatic N) is 2. The van der Waals surface area contributed by atoms with E-state index in [2.05, 4.69) is 32.8 Å². The van der Waals surface area contributed by atoms with Crippen molar-refractivity contribution in [2.75, 3.05) is 33.7 Å². The van der Waals surface area contributed by atoms with Gasteiger partial charge in [-0.3, -0.25) is 4.79 Å². The molecule has 0 bridgehead atoms. The van der Waals surface area contributed by atoms with Crippen LogP contribution in [0, 0.1) is 11.8 Å². The fraction of sp³-hybridized carbons (Fsp3) is 0.933. The molecule has 0 aromatic rings. The molecule has 1 aliphatic rings. The molecule has 0 aromatic carbocycles. The summed E-state index contributed by atoms with van der Waals surface area (Å²) in [6.45, 7) is 6.99. The van der Waals surface area contributed by atoms with Crippen LogP contribution in [0.1, 0.15) is 39.5 Å². The molecule has 1 heterocycles. The average Bonchev–Trinajstić information content (AvgIpc) is 2.83. The van der Waals surface area contributed by atoms with Crippen molar-refractivity contribution in [1.29, 1.82) is 0 Å². The van der Waals surface area contributed by atoms with E-state index in [1.54, 1.807) is 0 Å². The zero-order valence-electron chi connectivity index (χ0n) is 13.1. The van der Waals surface area contributed by atoms with Gasteiger partial charge in [0.25, 0.3) is 0 Å². The van der Waals surface area contributed by atoms with Gasteiger partial charge in [0.1, 0.15) is 0 Å². The van der Waals surface area contributed by atoms with E-state index in [-0.39, 0.29) is 0 Å². The van der Waals surface area contributed by atoms with Crippen LogP contribution in [0.15, 0.2) is 0 Å². The van der Waals surface area contributed by atoms with Crippen LogP contribution in [0.5, 0.6) is 0 Å². The lowest BCUT2D eigenvalue weighted by Crippen LogP contribution is -2.34. The van der Waals surface area contributed by atoms with Crippen molar-refractivity contribution in [3.8, 4) is 0 Å². The minimum Gasteiger partial charge on any atom is -0.341 e. The smallest absolute Gasteiger partial charge is 0.222 e. The highest BCUT2D eigenvalue weighted by atomic mass is 16.2. The first-order valence-electron chi connectivity index (χ1n) is 7.60. The second-order valence-corrected chi connectivity index (χ2v) is 6.37. The van der Waals surface area contributed by atoms with E-state index in [4.69, 9.17) is 5.73 Å². The minimum atomic E-state index is 0.326. The Kier molecular flexibility index (Phi) is 6.80. The third-order valence-electron chi connectivity index (χ3n) is 4.46. The maximum Gasteiger partial charge on any atom is 0.222 e. The van der Waals surface area contributed by atoms with Crippen LogP contribution in [0.2, 0.25) is 0 Å². The molecule has 2 N–H and O–H groups in total. The van der Waals surface area contributed by atoms with Gasteiger partial charge in [-0.05, 0) is 51.7 Å². The van der Waals surface area contributed by atoms with E-state index in [1.807, 2.05) is 4.90 Å². The summed E-state index contributed by atoms with van der Waals surface area (Å²) in [4.78, 5) is 16.5. The minimum absolute atomic E-state index is 0.326. The van der Waals surface area contributed by atoms with Crippen LogP contribution in [0.4, 0.5) is 0 Å².